The smallest absolute Gasteiger partial charge is 0.0902 e. The van der Waals surface area contributed by atoms with Crippen LogP contribution < -0.4 is 5.32 Å². The van der Waals surface area contributed by atoms with E-state index in [0.717, 1.165) is 58.6 Å². The van der Waals surface area contributed by atoms with Crippen LogP contribution in [-0.4, -0.2) is 87.1 Å². The molecule has 0 amide bonds. The Morgan fingerprint density at radius 3 is 2.74 bits per heavy atom. The molecule has 3 aliphatic rings. The van der Waals surface area contributed by atoms with Gasteiger partial charge in [-0.25, -0.2) is 0 Å². The summed E-state index contributed by atoms with van der Waals surface area (Å²) < 4.78 is 11.4. The maximum atomic E-state index is 5.97. The lowest BCUT2D eigenvalue weighted by molar-refractivity contribution is -0.0714. The van der Waals surface area contributed by atoms with E-state index in [1.807, 2.05) is 0 Å². The Balaban J connectivity index is 1.34. The van der Waals surface area contributed by atoms with Gasteiger partial charge in [-0.15, -0.1) is 0 Å². The van der Waals surface area contributed by atoms with E-state index >= 15 is 0 Å². The molecule has 19 heavy (non-hydrogen) atoms. The average molecular weight is 269 g/mol. The van der Waals surface area contributed by atoms with Crippen molar-refractivity contribution in [1.29, 1.82) is 0 Å². The van der Waals surface area contributed by atoms with Crippen LogP contribution in [-0.2, 0) is 9.47 Å². The van der Waals surface area contributed by atoms with Gasteiger partial charge in [0.05, 0.1) is 25.4 Å². The van der Waals surface area contributed by atoms with Gasteiger partial charge in [0.25, 0.3) is 0 Å². The van der Waals surface area contributed by atoms with E-state index in [9.17, 15) is 0 Å². The van der Waals surface area contributed by atoms with Gasteiger partial charge in [0.1, 0.15) is 0 Å². The molecule has 1 atom stereocenters. The first-order valence-corrected chi connectivity index (χ1v) is 7.64. The highest BCUT2D eigenvalue weighted by molar-refractivity contribution is 4.90. The number of nitrogens with one attached hydrogen (secondary N) is 1. The Morgan fingerprint density at radius 1 is 1.26 bits per heavy atom. The largest absolute Gasteiger partial charge is 0.379 e. The molecule has 3 fully saturated rings. The van der Waals surface area contributed by atoms with Gasteiger partial charge in [0, 0.05) is 45.3 Å². The predicted octanol–water partition coefficient (Wildman–Crippen LogP) is -0.229. The van der Waals surface area contributed by atoms with E-state index in [-0.39, 0.29) is 5.60 Å². The highest BCUT2D eigenvalue weighted by Crippen LogP contribution is 2.18. The summed E-state index contributed by atoms with van der Waals surface area (Å²) in [6, 6.07) is 0.741. The fourth-order valence-corrected chi connectivity index (χ4v) is 3.26. The number of morpholine rings is 1. The summed E-state index contributed by atoms with van der Waals surface area (Å²) >= 11 is 0. The van der Waals surface area contributed by atoms with Gasteiger partial charge in [0.15, 0.2) is 0 Å². The summed E-state index contributed by atoms with van der Waals surface area (Å²) in [7, 11) is 0. The molecule has 3 rings (SSSR count). The van der Waals surface area contributed by atoms with Crippen molar-refractivity contribution in [2.45, 2.75) is 25.0 Å². The minimum atomic E-state index is 0.101. The maximum Gasteiger partial charge on any atom is 0.0902 e. The summed E-state index contributed by atoms with van der Waals surface area (Å²) in [5.41, 5.74) is 0.101. The molecule has 3 heterocycles. The molecule has 0 aliphatic carbocycles. The van der Waals surface area contributed by atoms with Gasteiger partial charge in [-0.1, -0.05) is 0 Å². The van der Waals surface area contributed by atoms with Crippen LogP contribution >= 0.6 is 0 Å². The maximum absolute atomic E-state index is 5.97. The summed E-state index contributed by atoms with van der Waals surface area (Å²) in [5.74, 6) is 0. The molecule has 0 saturated carbocycles. The second-order valence-electron chi connectivity index (χ2n) is 6.29. The second-order valence-corrected chi connectivity index (χ2v) is 6.29. The van der Waals surface area contributed by atoms with Crippen molar-refractivity contribution >= 4 is 0 Å². The predicted molar refractivity (Wildman–Crippen MR) is 74.5 cm³/mol. The summed E-state index contributed by atoms with van der Waals surface area (Å²) in [6.07, 6.45) is 1.30. The Kier molecular flexibility index (Phi) is 4.39. The molecule has 5 nitrogen and oxygen atoms in total. The van der Waals surface area contributed by atoms with E-state index in [0.29, 0.717) is 0 Å². The van der Waals surface area contributed by atoms with Crippen LogP contribution in [0.2, 0.25) is 0 Å². The first-order valence-electron chi connectivity index (χ1n) is 7.64. The highest BCUT2D eigenvalue weighted by Gasteiger charge is 2.33. The monoisotopic (exact) mass is 269 g/mol. The SMILES string of the molecule is CC1(OCCN2CCC(N3CCOCC3)C2)CNC1. The van der Waals surface area contributed by atoms with Gasteiger partial charge >= 0.3 is 0 Å². The van der Waals surface area contributed by atoms with Gasteiger partial charge in [-0.3, -0.25) is 9.80 Å². The van der Waals surface area contributed by atoms with E-state index < -0.39 is 0 Å². The molecule has 0 aromatic rings. The molecule has 1 unspecified atom stereocenters. The molecule has 0 aromatic heterocycles. The normalized spacial score (nSPS) is 32.4. The zero-order valence-electron chi connectivity index (χ0n) is 12.1. The Labute approximate surface area is 116 Å². The zero-order valence-corrected chi connectivity index (χ0v) is 12.1. The quantitative estimate of drug-likeness (QED) is 0.746. The highest BCUT2D eigenvalue weighted by atomic mass is 16.5. The van der Waals surface area contributed by atoms with Crippen molar-refractivity contribution in [3.63, 3.8) is 0 Å². The van der Waals surface area contributed by atoms with Gasteiger partial charge in [-0.05, 0) is 19.9 Å². The molecule has 0 spiro atoms. The molecular weight excluding hydrogens is 242 g/mol. The fraction of sp³-hybridized carbons (Fsp3) is 1.00. The third-order valence-corrected chi connectivity index (χ3v) is 4.67. The van der Waals surface area contributed by atoms with Crippen LogP contribution in [0.1, 0.15) is 13.3 Å². The standard InChI is InChI=1S/C14H27N3O2/c1-14(11-15-12-14)19-9-4-16-3-2-13(10-16)17-5-7-18-8-6-17/h13,15H,2-12H2,1H3. The molecule has 3 aliphatic heterocycles. The molecule has 110 valence electrons. The van der Waals surface area contributed by atoms with Gasteiger partial charge in [-0.2, -0.15) is 0 Å². The van der Waals surface area contributed by atoms with Crippen LogP contribution in [0, 0.1) is 0 Å². The molecule has 0 radical (unpaired) electrons. The molecular formula is C14H27N3O2. The van der Waals surface area contributed by atoms with Crippen molar-refractivity contribution in [3.05, 3.63) is 0 Å². The van der Waals surface area contributed by atoms with E-state index in [2.05, 4.69) is 22.0 Å². The first-order chi connectivity index (χ1) is 9.25. The number of hydrogen-bond donors (Lipinski definition) is 1. The lowest BCUT2D eigenvalue weighted by Crippen LogP contribution is -2.59. The summed E-state index contributed by atoms with van der Waals surface area (Å²) in [5, 5.41) is 3.27. The van der Waals surface area contributed by atoms with Crippen LogP contribution in [0.15, 0.2) is 0 Å². The Bertz CT molecular complexity index is 290. The van der Waals surface area contributed by atoms with Crippen molar-refractivity contribution in [2.75, 3.05) is 65.6 Å². The van der Waals surface area contributed by atoms with Crippen LogP contribution in [0.5, 0.6) is 0 Å². The van der Waals surface area contributed by atoms with E-state index in [1.165, 1.54) is 19.5 Å². The Hall–Kier alpha value is -0.200. The average Bonchev–Trinajstić information content (AvgIpc) is 2.87. The van der Waals surface area contributed by atoms with E-state index in [1.54, 1.807) is 0 Å². The fourth-order valence-electron chi connectivity index (χ4n) is 3.26. The van der Waals surface area contributed by atoms with Crippen molar-refractivity contribution in [3.8, 4) is 0 Å². The first kappa shape index (κ1) is 13.8. The number of rotatable bonds is 5. The molecule has 1 N–H and O–H groups in total. The zero-order chi connectivity index (χ0) is 13.1. The van der Waals surface area contributed by atoms with Crippen LogP contribution in [0.25, 0.3) is 0 Å². The van der Waals surface area contributed by atoms with Crippen molar-refractivity contribution in [2.24, 2.45) is 0 Å². The van der Waals surface area contributed by atoms with Gasteiger partial charge in [0.2, 0.25) is 0 Å². The molecule has 0 bridgehead atoms. The minimum Gasteiger partial charge on any atom is -0.379 e. The minimum absolute atomic E-state index is 0.101. The second kappa shape index (κ2) is 6.06. The third kappa shape index (κ3) is 3.47. The molecule has 0 aromatic carbocycles. The number of hydrogen-bond acceptors (Lipinski definition) is 5. The lowest BCUT2D eigenvalue weighted by Gasteiger charge is -2.39. The topological polar surface area (TPSA) is 37.0 Å². The summed E-state index contributed by atoms with van der Waals surface area (Å²) in [4.78, 5) is 5.15. The molecule has 3 saturated heterocycles. The van der Waals surface area contributed by atoms with E-state index in [4.69, 9.17) is 9.47 Å². The number of ether oxygens (including phenoxy) is 2. The van der Waals surface area contributed by atoms with Gasteiger partial charge < -0.3 is 14.8 Å². The third-order valence-electron chi connectivity index (χ3n) is 4.67. The van der Waals surface area contributed by atoms with Crippen LogP contribution in [0.3, 0.4) is 0 Å². The number of likely N-dealkylation sites (tertiary alicyclic amines) is 1. The Morgan fingerprint density at radius 2 is 2.05 bits per heavy atom. The van der Waals surface area contributed by atoms with Crippen molar-refractivity contribution < 1.29 is 9.47 Å². The number of nitrogens with zero attached hydrogens (tertiary/aromatic N) is 2. The van der Waals surface area contributed by atoms with Crippen molar-refractivity contribution in [1.82, 2.24) is 15.1 Å². The lowest BCUT2D eigenvalue weighted by atomic mass is 10.0. The summed E-state index contributed by atoms with van der Waals surface area (Å²) in [6.45, 7) is 12.6. The van der Waals surface area contributed by atoms with Crippen LogP contribution in [0.4, 0.5) is 0 Å². The molecule has 5 heteroatoms.